The maximum absolute atomic E-state index is 11.5. The van der Waals surface area contributed by atoms with Gasteiger partial charge in [-0.1, -0.05) is 13.8 Å². The van der Waals surface area contributed by atoms with Crippen LogP contribution in [0, 0.1) is 23.2 Å². The van der Waals surface area contributed by atoms with E-state index in [-0.39, 0.29) is 11.9 Å². The van der Waals surface area contributed by atoms with E-state index in [1.54, 1.807) is 18.9 Å². The van der Waals surface area contributed by atoms with Crippen molar-refractivity contribution in [2.24, 2.45) is 11.8 Å². The number of amides is 1. The molecule has 0 aliphatic heterocycles. The minimum Gasteiger partial charge on any atom is -0.342 e. The summed E-state index contributed by atoms with van der Waals surface area (Å²) in [6, 6.07) is 2.13. The third-order valence-corrected chi connectivity index (χ3v) is 2.49. The average molecular weight is 182 g/mol. The number of carbonyl (C=O) groups excluding carboxylic acids is 1. The van der Waals surface area contributed by atoms with E-state index >= 15 is 0 Å². The highest BCUT2D eigenvalue weighted by molar-refractivity contribution is 5.80. The van der Waals surface area contributed by atoms with Crippen LogP contribution < -0.4 is 0 Å². The van der Waals surface area contributed by atoms with Gasteiger partial charge in [-0.3, -0.25) is 4.79 Å². The van der Waals surface area contributed by atoms with Gasteiger partial charge in [0, 0.05) is 13.1 Å². The van der Waals surface area contributed by atoms with Crippen LogP contribution in [-0.2, 0) is 4.79 Å². The van der Waals surface area contributed by atoms with Gasteiger partial charge < -0.3 is 4.90 Å². The van der Waals surface area contributed by atoms with E-state index in [0.29, 0.717) is 5.92 Å². The number of carbonyl (C=O) groups is 1. The lowest BCUT2D eigenvalue weighted by Gasteiger charge is -2.28. The van der Waals surface area contributed by atoms with E-state index in [1.165, 1.54) is 0 Å². The Bertz CT molecular complexity index is 217. The zero-order chi connectivity index (χ0) is 10.6. The number of nitriles is 1. The van der Waals surface area contributed by atoms with Gasteiger partial charge in [-0.2, -0.15) is 5.26 Å². The van der Waals surface area contributed by atoms with Crippen LogP contribution in [0.25, 0.3) is 0 Å². The first-order valence-corrected chi connectivity index (χ1v) is 4.58. The molecule has 0 fully saturated rings. The summed E-state index contributed by atoms with van der Waals surface area (Å²) in [4.78, 5) is 13.2. The van der Waals surface area contributed by atoms with E-state index in [2.05, 4.69) is 13.8 Å². The molecule has 3 heteroatoms. The summed E-state index contributed by atoms with van der Waals surface area (Å²) in [5.41, 5.74) is 0. The van der Waals surface area contributed by atoms with Crippen LogP contribution >= 0.6 is 0 Å². The van der Waals surface area contributed by atoms with E-state index in [0.717, 1.165) is 0 Å². The number of nitrogens with zero attached hydrogens (tertiary/aromatic N) is 2. The van der Waals surface area contributed by atoms with Crippen molar-refractivity contribution in [2.45, 2.75) is 33.7 Å². The standard InChI is InChI=1S/C10H18N2O/c1-7(2)9(4)12(5)10(13)8(3)6-11/h7-9H,1-5H3. The predicted octanol–water partition coefficient (Wildman–Crippen LogP) is 1.65. The van der Waals surface area contributed by atoms with Gasteiger partial charge in [-0.25, -0.2) is 0 Å². The van der Waals surface area contributed by atoms with Gasteiger partial charge in [0.25, 0.3) is 0 Å². The first kappa shape index (κ1) is 12.0. The molecule has 0 aliphatic rings. The van der Waals surface area contributed by atoms with Gasteiger partial charge >= 0.3 is 0 Å². The molecule has 0 saturated carbocycles. The highest BCUT2D eigenvalue weighted by Gasteiger charge is 2.22. The molecule has 0 saturated heterocycles. The summed E-state index contributed by atoms with van der Waals surface area (Å²) in [5.74, 6) is -0.213. The molecule has 0 aromatic carbocycles. The van der Waals surface area contributed by atoms with Gasteiger partial charge in [0.2, 0.25) is 5.91 Å². The monoisotopic (exact) mass is 182 g/mol. The Morgan fingerprint density at radius 3 is 2.08 bits per heavy atom. The highest BCUT2D eigenvalue weighted by atomic mass is 16.2. The third kappa shape index (κ3) is 3.06. The lowest BCUT2D eigenvalue weighted by Crippen LogP contribution is -2.40. The Labute approximate surface area is 80.3 Å². The van der Waals surface area contributed by atoms with E-state index in [1.807, 2.05) is 13.0 Å². The number of hydrogen-bond donors (Lipinski definition) is 0. The SMILES string of the molecule is CC(C#N)C(=O)N(C)C(C)C(C)C. The molecule has 0 aromatic rings. The summed E-state index contributed by atoms with van der Waals surface area (Å²) < 4.78 is 0. The molecular weight excluding hydrogens is 164 g/mol. The van der Waals surface area contributed by atoms with Gasteiger partial charge in [0.15, 0.2) is 0 Å². The molecule has 1 amide bonds. The van der Waals surface area contributed by atoms with Crippen LogP contribution in [0.5, 0.6) is 0 Å². The summed E-state index contributed by atoms with van der Waals surface area (Å²) in [7, 11) is 1.75. The molecule has 0 aromatic heterocycles. The van der Waals surface area contributed by atoms with Crippen molar-refractivity contribution in [2.75, 3.05) is 7.05 Å². The average Bonchev–Trinajstić information content (AvgIpc) is 2.12. The van der Waals surface area contributed by atoms with Gasteiger partial charge in [-0.05, 0) is 19.8 Å². The van der Waals surface area contributed by atoms with Crippen molar-refractivity contribution < 1.29 is 4.79 Å². The second-order valence-corrected chi connectivity index (χ2v) is 3.78. The van der Waals surface area contributed by atoms with E-state index < -0.39 is 5.92 Å². The van der Waals surface area contributed by atoms with Crippen molar-refractivity contribution >= 4 is 5.91 Å². The predicted molar refractivity (Wildman–Crippen MR) is 51.8 cm³/mol. The van der Waals surface area contributed by atoms with Crippen LogP contribution in [0.3, 0.4) is 0 Å². The van der Waals surface area contributed by atoms with Crippen molar-refractivity contribution in [1.82, 2.24) is 4.90 Å². The van der Waals surface area contributed by atoms with Crippen LogP contribution in [0.15, 0.2) is 0 Å². The first-order chi connectivity index (χ1) is 5.91. The molecule has 0 heterocycles. The van der Waals surface area contributed by atoms with Gasteiger partial charge in [-0.15, -0.1) is 0 Å². The highest BCUT2D eigenvalue weighted by Crippen LogP contribution is 2.11. The van der Waals surface area contributed by atoms with Crippen molar-refractivity contribution in [3.05, 3.63) is 0 Å². The van der Waals surface area contributed by atoms with Crippen molar-refractivity contribution in [1.29, 1.82) is 5.26 Å². The second kappa shape index (κ2) is 4.86. The number of rotatable bonds is 3. The Morgan fingerprint density at radius 2 is 1.77 bits per heavy atom. The quantitative estimate of drug-likeness (QED) is 0.666. The maximum atomic E-state index is 11.5. The first-order valence-electron chi connectivity index (χ1n) is 4.58. The molecule has 0 bridgehead atoms. The lowest BCUT2D eigenvalue weighted by molar-refractivity contribution is -0.134. The summed E-state index contributed by atoms with van der Waals surface area (Å²) >= 11 is 0. The molecule has 0 N–H and O–H groups in total. The molecular formula is C10H18N2O. The fourth-order valence-electron chi connectivity index (χ4n) is 1.01. The topological polar surface area (TPSA) is 44.1 Å². The Hall–Kier alpha value is -1.04. The van der Waals surface area contributed by atoms with Gasteiger partial charge in [0.1, 0.15) is 5.92 Å². The van der Waals surface area contributed by atoms with Crippen molar-refractivity contribution in [3.63, 3.8) is 0 Å². The molecule has 0 aliphatic carbocycles. The van der Waals surface area contributed by atoms with E-state index in [4.69, 9.17) is 5.26 Å². The fourth-order valence-corrected chi connectivity index (χ4v) is 1.01. The molecule has 74 valence electrons. The maximum Gasteiger partial charge on any atom is 0.239 e. The smallest absolute Gasteiger partial charge is 0.239 e. The number of hydrogen-bond acceptors (Lipinski definition) is 2. The largest absolute Gasteiger partial charge is 0.342 e. The molecule has 0 spiro atoms. The van der Waals surface area contributed by atoms with Crippen LogP contribution in [0.2, 0.25) is 0 Å². The minimum atomic E-state index is -0.536. The molecule has 0 radical (unpaired) electrons. The summed E-state index contributed by atoms with van der Waals surface area (Å²) in [6.45, 7) is 7.75. The van der Waals surface area contributed by atoms with Gasteiger partial charge in [0.05, 0.1) is 6.07 Å². The third-order valence-electron chi connectivity index (χ3n) is 2.49. The van der Waals surface area contributed by atoms with Crippen LogP contribution in [-0.4, -0.2) is 23.9 Å². The Balaban J connectivity index is 4.36. The van der Waals surface area contributed by atoms with Crippen LogP contribution in [0.4, 0.5) is 0 Å². The van der Waals surface area contributed by atoms with Crippen molar-refractivity contribution in [3.8, 4) is 6.07 Å². The lowest BCUT2D eigenvalue weighted by atomic mass is 10.0. The zero-order valence-electron chi connectivity index (χ0n) is 9.03. The molecule has 3 nitrogen and oxygen atoms in total. The Kier molecular flexibility index (Phi) is 4.47. The molecule has 2 atom stereocenters. The molecule has 0 rings (SSSR count). The normalized spacial score (nSPS) is 14.8. The zero-order valence-corrected chi connectivity index (χ0v) is 9.03. The van der Waals surface area contributed by atoms with E-state index in [9.17, 15) is 4.79 Å². The van der Waals surface area contributed by atoms with Crippen LogP contribution in [0.1, 0.15) is 27.7 Å². The Morgan fingerprint density at radius 1 is 1.31 bits per heavy atom. The summed E-state index contributed by atoms with van der Waals surface area (Å²) in [5, 5.41) is 8.58. The minimum absolute atomic E-state index is 0.0938. The molecule has 2 unspecified atom stereocenters. The summed E-state index contributed by atoms with van der Waals surface area (Å²) in [6.07, 6.45) is 0. The second-order valence-electron chi connectivity index (χ2n) is 3.78. The fraction of sp³-hybridized carbons (Fsp3) is 0.800. The molecule has 13 heavy (non-hydrogen) atoms.